The van der Waals surface area contributed by atoms with Gasteiger partial charge in [-0.25, -0.2) is 0 Å². The standard InChI is InChI=1S/C16H13N3OS/c1-19-16(17-14(20)12-8-4-2-5-9-12)18-15(21-19)13-10-6-3-7-11-13/h2-11H,1H3. The van der Waals surface area contributed by atoms with Gasteiger partial charge in [0.05, 0.1) is 0 Å². The molecule has 0 aliphatic rings. The number of rotatable bonds is 2. The number of carbonyl (C=O) groups excluding carboxylic acids is 1. The normalized spacial score (nSPS) is 11.6. The quantitative estimate of drug-likeness (QED) is 0.730. The molecule has 1 heterocycles. The summed E-state index contributed by atoms with van der Waals surface area (Å²) in [6.07, 6.45) is 0. The van der Waals surface area contributed by atoms with Crippen LogP contribution in [0.4, 0.5) is 0 Å². The van der Waals surface area contributed by atoms with E-state index in [0.717, 1.165) is 10.6 Å². The van der Waals surface area contributed by atoms with Crippen LogP contribution < -0.4 is 5.62 Å². The van der Waals surface area contributed by atoms with Gasteiger partial charge in [-0.05, 0) is 23.7 Å². The maximum Gasteiger partial charge on any atom is 0.280 e. The third-order valence-corrected chi connectivity index (χ3v) is 3.89. The lowest BCUT2D eigenvalue weighted by atomic mass is 10.2. The number of amides is 1. The Labute approximate surface area is 126 Å². The van der Waals surface area contributed by atoms with E-state index in [0.29, 0.717) is 11.2 Å². The maximum absolute atomic E-state index is 12.1. The second-order valence-corrected chi connectivity index (χ2v) is 5.57. The Morgan fingerprint density at radius 1 is 1.05 bits per heavy atom. The fraction of sp³-hybridized carbons (Fsp3) is 0.0625. The van der Waals surface area contributed by atoms with Gasteiger partial charge in [0.2, 0.25) is 5.62 Å². The highest BCUT2D eigenvalue weighted by Gasteiger charge is 2.07. The van der Waals surface area contributed by atoms with E-state index in [1.165, 1.54) is 11.5 Å². The number of hydrogen-bond donors (Lipinski definition) is 0. The van der Waals surface area contributed by atoms with Crippen LogP contribution in [-0.2, 0) is 7.05 Å². The van der Waals surface area contributed by atoms with Crippen LogP contribution in [0.25, 0.3) is 10.6 Å². The molecule has 2 aromatic carbocycles. The van der Waals surface area contributed by atoms with Gasteiger partial charge in [-0.1, -0.05) is 48.5 Å². The Morgan fingerprint density at radius 3 is 2.33 bits per heavy atom. The molecule has 0 N–H and O–H groups in total. The molecule has 1 amide bonds. The van der Waals surface area contributed by atoms with Crippen molar-refractivity contribution in [1.82, 2.24) is 8.94 Å². The Balaban J connectivity index is 1.99. The van der Waals surface area contributed by atoms with Crippen molar-refractivity contribution in [2.75, 3.05) is 0 Å². The monoisotopic (exact) mass is 295 g/mol. The molecule has 104 valence electrons. The predicted octanol–water partition coefficient (Wildman–Crippen LogP) is 2.89. The topological polar surface area (TPSA) is 47.2 Å². The summed E-state index contributed by atoms with van der Waals surface area (Å²) in [5.74, 6) is -0.281. The summed E-state index contributed by atoms with van der Waals surface area (Å²) in [4.78, 5) is 20.6. The highest BCUT2D eigenvalue weighted by molar-refractivity contribution is 7.09. The second kappa shape index (κ2) is 5.85. The van der Waals surface area contributed by atoms with Crippen molar-refractivity contribution in [3.05, 3.63) is 71.8 Å². The van der Waals surface area contributed by atoms with Crippen molar-refractivity contribution >= 4 is 17.4 Å². The zero-order valence-corrected chi connectivity index (χ0v) is 12.2. The van der Waals surface area contributed by atoms with Crippen molar-refractivity contribution < 1.29 is 4.79 Å². The molecule has 0 atom stereocenters. The van der Waals surface area contributed by atoms with Gasteiger partial charge in [0.1, 0.15) is 5.01 Å². The van der Waals surface area contributed by atoms with Gasteiger partial charge < -0.3 is 0 Å². The van der Waals surface area contributed by atoms with Crippen LogP contribution in [0, 0.1) is 0 Å². The summed E-state index contributed by atoms with van der Waals surface area (Å²) in [6, 6.07) is 18.9. The largest absolute Gasteiger partial charge is 0.280 e. The summed E-state index contributed by atoms with van der Waals surface area (Å²) < 4.78 is 1.79. The smallest absolute Gasteiger partial charge is 0.267 e. The molecule has 0 saturated carbocycles. The molecule has 5 heteroatoms. The van der Waals surface area contributed by atoms with Crippen LogP contribution in [0.1, 0.15) is 10.4 Å². The molecule has 4 nitrogen and oxygen atoms in total. The third kappa shape index (κ3) is 2.98. The molecule has 1 aromatic heterocycles. The fourth-order valence-electron chi connectivity index (χ4n) is 1.88. The van der Waals surface area contributed by atoms with Gasteiger partial charge in [-0.3, -0.25) is 8.75 Å². The highest BCUT2D eigenvalue weighted by atomic mass is 32.1. The van der Waals surface area contributed by atoms with E-state index < -0.39 is 0 Å². The maximum atomic E-state index is 12.1. The molecule has 0 spiro atoms. The number of carbonyl (C=O) groups is 1. The summed E-state index contributed by atoms with van der Waals surface area (Å²) in [5, 5.41) is 0.845. The number of benzene rings is 2. The first-order chi connectivity index (χ1) is 10.2. The van der Waals surface area contributed by atoms with E-state index in [-0.39, 0.29) is 5.91 Å². The van der Waals surface area contributed by atoms with E-state index >= 15 is 0 Å². The van der Waals surface area contributed by atoms with E-state index in [1.807, 2.05) is 55.6 Å². The second-order valence-electron chi connectivity index (χ2n) is 4.45. The van der Waals surface area contributed by atoms with Gasteiger partial charge in [0, 0.05) is 18.2 Å². The average molecular weight is 295 g/mol. The van der Waals surface area contributed by atoms with Gasteiger partial charge in [0.25, 0.3) is 5.91 Å². The first-order valence-electron chi connectivity index (χ1n) is 6.48. The first-order valence-corrected chi connectivity index (χ1v) is 7.25. The Morgan fingerprint density at radius 2 is 1.67 bits per heavy atom. The van der Waals surface area contributed by atoms with E-state index in [1.54, 1.807) is 16.1 Å². The minimum absolute atomic E-state index is 0.281. The van der Waals surface area contributed by atoms with Gasteiger partial charge in [0.15, 0.2) is 0 Å². The predicted molar refractivity (Wildman–Crippen MR) is 82.9 cm³/mol. The van der Waals surface area contributed by atoms with Crippen LogP contribution in [0.15, 0.2) is 65.7 Å². The lowest BCUT2D eigenvalue weighted by Crippen LogP contribution is -2.17. The van der Waals surface area contributed by atoms with Crippen molar-refractivity contribution in [2.45, 2.75) is 0 Å². The molecule has 0 unspecified atom stereocenters. The summed E-state index contributed by atoms with van der Waals surface area (Å²) in [7, 11) is 1.85. The Bertz CT molecular complexity index is 819. The SMILES string of the molecule is Cn1sc(-c2ccccc2)nc1=NC(=O)c1ccccc1. The number of aryl methyl sites for hydroxylation is 1. The first kappa shape index (κ1) is 13.5. The average Bonchev–Trinajstić information content (AvgIpc) is 2.90. The van der Waals surface area contributed by atoms with E-state index in [9.17, 15) is 4.79 Å². The molecule has 0 bridgehead atoms. The van der Waals surface area contributed by atoms with Crippen LogP contribution in [-0.4, -0.2) is 14.8 Å². The minimum Gasteiger partial charge on any atom is -0.267 e. The van der Waals surface area contributed by atoms with Gasteiger partial charge in [-0.2, -0.15) is 9.98 Å². The van der Waals surface area contributed by atoms with Crippen LogP contribution in [0.5, 0.6) is 0 Å². The summed E-state index contributed by atoms with van der Waals surface area (Å²) in [6.45, 7) is 0. The van der Waals surface area contributed by atoms with E-state index in [4.69, 9.17) is 0 Å². The van der Waals surface area contributed by atoms with Crippen LogP contribution in [0.3, 0.4) is 0 Å². The van der Waals surface area contributed by atoms with Crippen LogP contribution >= 0.6 is 11.5 Å². The van der Waals surface area contributed by atoms with Crippen LogP contribution in [0.2, 0.25) is 0 Å². The fourth-order valence-corrected chi connectivity index (χ4v) is 2.67. The van der Waals surface area contributed by atoms with Crippen molar-refractivity contribution in [3.8, 4) is 10.6 Å². The summed E-state index contributed by atoms with van der Waals surface area (Å²) in [5.41, 5.74) is 2.01. The van der Waals surface area contributed by atoms with Crippen molar-refractivity contribution in [2.24, 2.45) is 12.0 Å². The molecule has 0 radical (unpaired) electrons. The Hall–Kier alpha value is -2.53. The molecule has 21 heavy (non-hydrogen) atoms. The molecular weight excluding hydrogens is 282 g/mol. The molecule has 0 fully saturated rings. The molecule has 3 rings (SSSR count). The summed E-state index contributed by atoms with van der Waals surface area (Å²) >= 11 is 1.46. The van der Waals surface area contributed by atoms with E-state index in [2.05, 4.69) is 9.98 Å². The Kier molecular flexibility index (Phi) is 3.75. The van der Waals surface area contributed by atoms with Crippen molar-refractivity contribution in [3.63, 3.8) is 0 Å². The molecular formula is C16H13N3OS. The number of aromatic nitrogens is 2. The number of hydrogen-bond acceptors (Lipinski definition) is 3. The third-order valence-electron chi connectivity index (χ3n) is 2.95. The van der Waals surface area contributed by atoms with Gasteiger partial charge in [-0.15, -0.1) is 0 Å². The lowest BCUT2D eigenvalue weighted by Gasteiger charge is -1.92. The molecule has 0 aliphatic carbocycles. The minimum atomic E-state index is -0.281. The zero-order valence-electron chi connectivity index (χ0n) is 11.4. The van der Waals surface area contributed by atoms with Gasteiger partial charge >= 0.3 is 0 Å². The highest BCUT2D eigenvalue weighted by Crippen LogP contribution is 2.18. The molecule has 0 aliphatic heterocycles. The number of nitrogens with zero attached hydrogens (tertiary/aromatic N) is 3. The lowest BCUT2D eigenvalue weighted by molar-refractivity contribution is 0.0997. The molecule has 3 aromatic rings. The molecule has 0 saturated heterocycles. The van der Waals surface area contributed by atoms with Crippen molar-refractivity contribution in [1.29, 1.82) is 0 Å². The zero-order chi connectivity index (χ0) is 14.7.